The van der Waals surface area contributed by atoms with Gasteiger partial charge in [-0.1, -0.05) is 126 Å². The summed E-state index contributed by atoms with van der Waals surface area (Å²) in [6.45, 7) is 2.04. The molecule has 4 rings (SSSR count). The van der Waals surface area contributed by atoms with Gasteiger partial charge in [0.2, 0.25) is 0 Å². The number of aryl methyl sites for hydroxylation is 1. The zero-order valence-corrected chi connectivity index (χ0v) is 15.6. The van der Waals surface area contributed by atoms with Crippen molar-refractivity contribution in [3.05, 3.63) is 138 Å². The number of rotatable bonds is 3. The molecule has 0 aliphatic heterocycles. The lowest BCUT2D eigenvalue weighted by Gasteiger charge is -2.18. The molecule has 0 saturated heterocycles. The van der Waals surface area contributed by atoms with Crippen LogP contribution in [0.25, 0.3) is 0 Å². The van der Waals surface area contributed by atoms with Gasteiger partial charge in [-0.3, -0.25) is 0 Å². The molecule has 27 heavy (non-hydrogen) atoms. The van der Waals surface area contributed by atoms with E-state index in [0.717, 1.165) is 5.46 Å². The maximum atomic E-state index is 5.43. The Morgan fingerprint density at radius 1 is 0.481 bits per heavy atom. The van der Waals surface area contributed by atoms with E-state index in [9.17, 15) is 0 Å². The molecule has 0 aliphatic rings. The highest BCUT2D eigenvalue weighted by Crippen LogP contribution is 2.31. The third-order valence-corrected chi connectivity index (χ3v) is 4.48. The molecule has 0 N–H and O–H groups in total. The van der Waals surface area contributed by atoms with E-state index < -0.39 is 0 Å². The zero-order chi connectivity index (χ0) is 18.9. The molecule has 0 spiro atoms. The van der Waals surface area contributed by atoms with Crippen molar-refractivity contribution in [2.75, 3.05) is 0 Å². The highest BCUT2D eigenvalue weighted by atomic mass is 14.2. The predicted octanol–water partition coefficient (Wildman–Crippen LogP) is 5.66. The Morgan fingerprint density at radius 2 is 0.815 bits per heavy atom. The first-order chi connectivity index (χ1) is 13.2. The predicted molar refractivity (Wildman–Crippen MR) is 117 cm³/mol. The fourth-order valence-corrected chi connectivity index (χ4v) is 3.08. The van der Waals surface area contributed by atoms with Crippen molar-refractivity contribution in [3.63, 3.8) is 0 Å². The Kier molecular flexibility index (Phi) is 6.65. The Hall–Kier alpha value is -3.06. The van der Waals surface area contributed by atoms with Gasteiger partial charge in [-0.05, 0) is 23.6 Å². The first-order valence-electron chi connectivity index (χ1n) is 9.21. The molecular weight excluding hydrogens is 323 g/mol. The normalized spacial score (nSPS) is 10.1. The molecule has 0 fully saturated rings. The summed E-state index contributed by atoms with van der Waals surface area (Å²) in [5, 5.41) is 0. The SMILES string of the molecule is [B]c1ccc(C)cc1.c1ccc(C(c2ccccc2)c2ccccc2)cc1. The van der Waals surface area contributed by atoms with E-state index in [-0.39, 0.29) is 0 Å². The van der Waals surface area contributed by atoms with Gasteiger partial charge in [-0.2, -0.15) is 0 Å². The summed E-state index contributed by atoms with van der Waals surface area (Å²) >= 11 is 0. The van der Waals surface area contributed by atoms with Crippen molar-refractivity contribution in [2.45, 2.75) is 12.8 Å². The van der Waals surface area contributed by atoms with E-state index in [1.165, 1.54) is 22.3 Å². The van der Waals surface area contributed by atoms with Gasteiger partial charge in [0.15, 0.2) is 0 Å². The van der Waals surface area contributed by atoms with E-state index >= 15 is 0 Å². The molecule has 130 valence electrons. The van der Waals surface area contributed by atoms with Gasteiger partial charge < -0.3 is 0 Å². The lowest BCUT2D eigenvalue weighted by atomic mass is 9.85. The first kappa shape index (κ1) is 18.7. The number of hydrogen-bond donors (Lipinski definition) is 0. The minimum Gasteiger partial charge on any atom is -0.0967 e. The number of benzene rings is 4. The van der Waals surface area contributed by atoms with Crippen molar-refractivity contribution in [3.8, 4) is 0 Å². The third kappa shape index (κ3) is 5.46. The van der Waals surface area contributed by atoms with Gasteiger partial charge >= 0.3 is 0 Å². The van der Waals surface area contributed by atoms with E-state index in [1.807, 2.05) is 31.2 Å². The molecule has 0 unspecified atom stereocenters. The lowest BCUT2D eigenvalue weighted by Crippen LogP contribution is -2.02. The summed E-state index contributed by atoms with van der Waals surface area (Å²) in [7, 11) is 5.43. The average molecular weight is 346 g/mol. The zero-order valence-electron chi connectivity index (χ0n) is 15.6. The van der Waals surface area contributed by atoms with Gasteiger partial charge in [0, 0.05) is 5.92 Å². The van der Waals surface area contributed by atoms with Crippen LogP contribution in [0, 0.1) is 6.92 Å². The van der Waals surface area contributed by atoms with Crippen LogP contribution in [-0.2, 0) is 0 Å². The molecule has 1 heteroatoms. The standard InChI is InChI=1S/C19H16.C7H7B/c1-4-10-16(11-5-1)19(17-12-6-2-7-13-17)18-14-8-3-9-15-18;1-6-2-4-7(8)5-3-6/h1-15,19H;2-5H,1H3. The molecule has 2 radical (unpaired) electrons. The average Bonchev–Trinajstić information content (AvgIpc) is 2.73. The second-order valence-corrected chi connectivity index (χ2v) is 6.58. The molecule has 0 aromatic heterocycles. The van der Waals surface area contributed by atoms with Crippen molar-refractivity contribution in [1.29, 1.82) is 0 Å². The molecule has 4 aromatic carbocycles. The van der Waals surface area contributed by atoms with Crippen LogP contribution in [-0.4, -0.2) is 7.85 Å². The van der Waals surface area contributed by atoms with E-state index in [2.05, 4.69) is 91.0 Å². The number of hydrogen-bond acceptors (Lipinski definition) is 0. The van der Waals surface area contributed by atoms with Crippen LogP contribution in [0.5, 0.6) is 0 Å². The van der Waals surface area contributed by atoms with Crippen LogP contribution in [0.15, 0.2) is 115 Å². The Balaban J connectivity index is 0.000000221. The molecule has 0 saturated carbocycles. The molecular formula is C26H23B. The van der Waals surface area contributed by atoms with Crippen LogP contribution in [0.4, 0.5) is 0 Å². The van der Waals surface area contributed by atoms with Crippen LogP contribution in [0.2, 0.25) is 0 Å². The van der Waals surface area contributed by atoms with Gasteiger partial charge in [-0.25, -0.2) is 0 Å². The van der Waals surface area contributed by atoms with E-state index in [0.29, 0.717) is 5.92 Å². The monoisotopic (exact) mass is 346 g/mol. The Bertz CT molecular complexity index is 799. The van der Waals surface area contributed by atoms with Gasteiger partial charge in [0.25, 0.3) is 0 Å². The maximum absolute atomic E-state index is 5.43. The minimum absolute atomic E-state index is 0.309. The summed E-state index contributed by atoms with van der Waals surface area (Å²) in [6.07, 6.45) is 0. The molecule has 0 heterocycles. The van der Waals surface area contributed by atoms with Crippen molar-refractivity contribution in [2.24, 2.45) is 0 Å². The van der Waals surface area contributed by atoms with Crippen LogP contribution in [0.3, 0.4) is 0 Å². The highest BCUT2D eigenvalue weighted by Gasteiger charge is 2.15. The highest BCUT2D eigenvalue weighted by molar-refractivity contribution is 6.32. The van der Waals surface area contributed by atoms with E-state index in [1.54, 1.807) is 0 Å². The second kappa shape index (κ2) is 9.59. The van der Waals surface area contributed by atoms with Crippen LogP contribution >= 0.6 is 0 Å². The Morgan fingerprint density at radius 3 is 1.11 bits per heavy atom. The van der Waals surface area contributed by atoms with Crippen molar-refractivity contribution < 1.29 is 0 Å². The summed E-state index contributed by atoms with van der Waals surface area (Å²) in [4.78, 5) is 0. The molecule has 0 nitrogen and oxygen atoms in total. The first-order valence-corrected chi connectivity index (χ1v) is 9.21. The Labute approximate surface area is 163 Å². The molecule has 0 aliphatic carbocycles. The topological polar surface area (TPSA) is 0 Å². The van der Waals surface area contributed by atoms with Crippen molar-refractivity contribution >= 4 is 13.3 Å². The smallest absolute Gasteiger partial charge is 0.0967 e. The van der Waals surface area contributed by atoms with Crippen LogP contribution < -0.4 is 5.46 Å². The van der Waals surface area contributed by atoms with E-state index in [4.69, 9.17) is 7.85 Å². The van der Waals surface area contributed by atoms with Crippen LogP contribution in [0.1, 0.15) is 28.2 Å². The molecule has 0 atom stereocenters. The molecule has 4 aromatic rings. The molecule has 0 amide bonds. The van der Waals surface area contributed by atoms with Gasteiger partial charge in [-0.15, -0.1) is 0 Å². The maximum Gasteiger partial charge on any atom is 0.113 e. The third-order valence-electron chi connectivity index (χ3n) is 4.48. The minimum atomic E-state index is 0.309. The second-order valence-electron chi connectivity index (χ2n) is 6.58. The quantitative estimate of drug-likeness (QED) is 0.332. The largest absolute Gasteiger partial charge is 0.113 e. The summed E-state index contributed by atoms with van der Waals surface area (Å²) < 4.78 is 0. The fourth-order valence-electron chi connectivity index (χ4n) is 3.08. The van der Waals surface area contributed by atoms with Gasteiger partial charge in [0.05, 0.1) is 0 Å². The fraction of sp³-hybridized carbons (Fsp3) is 0.0769. The van der Waals surface area contributed by atoms with Crippen molar-refractivity contribution in [1.82, 2.24) is 0 Å². The molecule has 0 bridgehead atoms. The summed E-state index contributed by atoms with van der Waals surface area (Å²) in [5.74, 6) is 0.309. The summed E-state index contributed by atoms with van der Waals surface area (Å²) in [6, 6.07) is 39.8. The summed E-state index contributed by atoms with van der Waals surface area (Å²) in [5.41, 5.74) is 6.08. The lowest BCUT2D eigenvalue weighted by molar-refractivity contribution is 0.977. The van der Waals surface area contributed by atoms with Gasteiger partial charge in [0.1, 0.15) is 7.85 Å².